The number of nitrogens with two attached hydrogens (primary N) is 1. The summed E-state index contributed by atoms with van der Waals surface area (Å²) in [5.41, 5.74) is 6.12. The summed E-state index contributed by atoms with van der Waals surface area (Å²) < 4.78 is 44.3. The van der Waals surface area contributed by atoms with E-state index >= 15 is 0 Å². The first-order valence-corrected chi connectivity index (χ1v) is 11.8. The van der Waals surface area contributed by atoms with Gasteiger partial charge in [0.25, 0.3) is 5.91 Å². The Morgan fingerprint density at radius 3 is 2.47 bits per heavy atom. The number of fused-ring (bicyclic) bond motifs is 1. The van der Waals surface area contributed by atoms with Crippen LogP contribution in [0.15, 0.2) is 45.9 Å². The Hall–Kier alpha value is -1.65. The Morgan fingerprint density at radius 1 is 1.27 bits per heavy atom. The average molecular weight is 537 g/mol. The summed E-state index contributed by atoms with van der Waals surface area (Å²) in [6.07, 6.45) is 1.92. The molecule has 11 heteroatoms. The molecule has 2 aromatic carbocycles. The quantitative estimate of drug-likeness (QED) is 0.458. The first-order valence-electron chi connectivity index (χ1n) is 8.78. The summed E-state index contributed by atoms with van der Waals surface area (Å²) in [7, 11) is -4.04. The minimum absolute atomic E-state index is 0.0189. The van der Waals surface area contributed by atoms with Crippen LogP contribution in [0.5, 0.6) is 0 Å². The summed E-state index contributed by atoms with van der Waals surface area (Å²) in [5.74, 6) is -1.21. The smallest absolute Gasteiger partial charge is 0.250 e. The van der Waals surface area contributed by atoms with Gasteiger partial charge in [-0.3, -0.25) is 4.79 Å². The van der Waals surface area contributed by atoms with E-state index in [2.05, 4.69) is 20.7 Å². The van der Waals surface area contributed by atoms with Gasteiger partial charge in [-0.15, -0.1) is 0 Å². The second-order valence-electron chi connectivity index (χ2n) is 6.65. The number of rotatable bonds is 7. The summed E-state index contributed by atoms with van der Waals surface area (Å²) in [4.78, 5) is 11.5. The third kappa shape index (κ3) is 4.65. The molecule has 0 saturated carbocycles. The van der Waals surface area contributed by atoms with E-state index < -0.39 is 27.8 Å². The maximum absolute atomic E-state index is 13.7. The third-order valence-corrected chi connectivity index (χ3v) is 7.47. The lowest BCUT2D eigenvalue weighted by Gasteiger charge is -2.19. The zero-order valence-electron chi connectivity index (χ0n) is 15.6. The van der Waals surface area contributed by atoms with Gasteiger partial charge in [0.15, 0.2) is 0 Å². The predicted octanol–water partition coefficient (Wildman–Crippen LogP) is 4.71. The number of nitrogens with one attached hydrogen (secondary N) is 1. The number of carbonyl (C=O) groups is 1. The number of carbonyl (C=O) groups excluding carboxylic acids is 1. The summed E-state index contributed by atoms with van der Waals surface area (Å²) in [5, 5.41) is 0.323. The molecule has 0 radical (unpaired) electrons. The van der Waals surface area contributed by atoms with Crippen LogP contribution in [0.4, 0.5) is 4.39 Å². The van der Waals surface area contributed by atoms with Crippen molar-refractivity contribution in [3.05, 3.63) is 62.4 Å². The second-order valence-corrected chi connectivity index (χ2v) is 10.0. The minimum Gasteiger partial charge on any atom is -0.366 e. The van der Waals surface area contributed by atoms with Crippen LogP contribution in [0, 0.1) is 5.82 Å². The van der Waals surface area contributed by atoms with Crippen LogP contribution in [0.25, 0.3) is 10.9 Å². The monoisotopic (exact) mass is 535 g/mol. The molecule has 0 unspecified atom stereocenters. The van der Waals surface area contributed by atoms with E-state index in [-0.39, 0.29) is 27.0 Å². The highest BCUT2D eigenvalue weighted by Crippen LogP contribution is 2.33. The van der Waals surface area contributed by atoms with Crippen LogP contribution >= 0.6 is 39.1 Å². The highest BCUT2D eigenvalue weighted by molar-refractivity contribution is 9.10. The largest absolute Gasteiger partial charge is 0.366 e. The minimum atomic E-state index is -4.04. The van der Waals surface area contributed by atoms with E-state index in [4.69, 9.17) is 28.9 Å². The van der Waals surface area contributed by atoms with Crippen molar-refractivity contribution in [2.45, 2.75) is 30.8 Å². The van der Waals surface area contributed by atoms with E-state index in [1.807, 2.05) is 0 Å². The molecule has 0 fully saturated rings. The molecule has 0 spiro atoms. The number of halogens is 4. The number of hydrogen-bond donors (Lipinski definition) is 2. The van der Waals surface area contributed by atoms with Crippen LogP contribution in [-0.2, 0) is 16.6 Å². The Morgan fingerprint density at radius 2 is 1.90 bits per heavy atom. The lowest BCUT2D eigenvalue weighted by molar-refractivity contribution is 0.100. The molecular formula is C19H17BrCl2FN3O3S. The van der Waals surface area contributed by atoms with Gasteiger partial charge >= 0.3 is 0 Å². The van der Waals surface area contributed by atoms with Crippen molar-refractivity contribution in [1.82, 2.24) is 9.29 Å². The maximum Gasteiger partial charge on any atom is 0.250 e. The van der Waals surface area contributed by atoms with E-state index in [1.165, 1.54) is 36.5 Å². The molecule has 1 aromatic heterocycles. The molecule has 1 heterocycles. The molecule has 0 aliphatic carbocycles. The van der Waals surface area contributed by atoms with Crippen LogP contribution in [0.1, 0.15) is 23.7 Å². The van der Waals surface area contributed by atoms with Gasteiger partial charge in [-0.1, -0.05) is 46.1 Å². The van der Waals surface area contributed by atoms with Crippen molar-refractivity contribution in [1.29, 1.82) is 0 Å². The van der Waals surface area contributed by atoms with Crippen LogP contribution in [0.3, 0.4) is 0 Å². The van der Waals surface area contributed by atoms with E-state index in [1.54, 1.807) is 11.5 Å². The van der Waals surface area contributed by atoms with E-state index in [9.17, 15) is 17.6 Å². The number of amides is 1. The van der Waals surface area contributed by atoms with Gasteiger partial charge in [-0.25, -0.2) is 17.5 Å². The molecule has 3 aromatic rings. The first kappa shape index (κ1) is 23.0. The van der Waals surface area contributed by atoms with Crippen molar-refractivity contribution < 1.29 is 17.6 Å². The molecule has 6 nitrogen and oxygen atoms in total. The Labute approximate surface area is 191 Å². The number of primary amides is 1. The van der Waals surface area contributed by atoms with Gasteiger partial charge in [0.1, 0.15) is 10.7 Å². The van der Waals surface area contributed by atoms with Crippen molar-refractivity contribution in [3.8, 4) is 0 Å². The molecule has 0 bridgehead atoms. The summed E-state index contributed by atoms with van der Waals surface area (Å²) in [6, 6.07) is 6.31. The van der Waals surface area contributed by atoms with Crippen molar-refractivity contribution >= 4 is 66.0 Å². The molecule has 160 valence electrons. The zero-order chi connectivity index (χ0) is 22.2. The van der Waals surface area contributed by atoms with Gasteiger partial charge in [0.2, 0.25) is 10.0 Å². The van der Waals surface area contributed by atoms with Gasteiger partial charge in [-0.2, -0.15) is 0 Å². The standard InChI is InChI=1S/C19H17BrCl2FN3O3S/c1-2-12(25-30(28,29)18-15(21)5-10(20)6-16(18)22)8-26-9-14(19(24)27)13-7-11(23)3-4-17(13)26/h3-7,9,12,25H,2,8H2,1H3,(H2,24,27)/t12-/m1/s1. The maximum atomic E-state index is 13.7. The van der Waals surface area contributed by atoms with Gasteiger partial charge in [0, 0.05) is 34.2 Å². The van der Waals surface area contributed by atoms with Crippen molar-refractivity contribution in [2.75, 3.05) is 0 Å². The normalized spacial score (nSPS) is 13.0. The second kappa shape index (κ2) is 8.84. The fourth-order valence-corrected chi connectivity index (χ4v) is 6.42. The topological polar surface area (TPSA) is 94.2 Å². The van der Waals surface area contributed by atoms with Gasteiger partial charge < -0.3 is 10.3 Å². The van der Waals surface area contributed by atoms with Crippen LogP contribution < -0.4 is 10.5 Å². The molecular weight excluding hydrogens is 520 g/mol. The van der Waals surface area contributed by atoms with Crippen LogP contribution in [-0.4, -0.2) is 24.9 Å². The third-order valence-electron chi connectivity index (χ3n) is 4.57. The molecule has 1 atom stereocenters. The lowest BCUT2D eigenvalue weighted by atomic mass is 10.1. The SMILES string of the molecule is CC[C@H](Cn1cc(C(N)=O)c2cc(F)ccc21)NS(=O)(=O)c1c(Cl)cc(Br)cc1Cl. The number of hydrogen-bond acceptors (Lipinski definition) is 3. The molecule has 0 aliphatic heterocycles. The van der Waals surface area contributed by atoms with Gasteiger partial charge in [-0.05, 0) is 36.8 Å². The average Bonchev–Trinajstić information content (AvgIpc) is 2.97. The summed E-state index contributed by atoms with van der Waals surface area (Å²) >= 11 is 15.4. The fraction of sp³-hybridized carbons (Fsp3) is 0.211. The van der Waals surface area contributed by atoms with Gasteiger partial charge in [0.05, 0.1) is 15.6 Å². The highest BCUT2D eigenvalue weighted by atomic mass is 79.9. The Balaban J connectivity index is 1.96. The first-order chi connectivity index (χ1) is 14.0. The molecule has 1 amide bonds. The number of aromatic nitrogens is 1. The van der Waals surface area contributed by atoms with Crippen LogP contribution in [0.2, 0.25) is 10.0 Å². The van der Waals surface area contributed by atoms with E-state index in [0.717, 1.165) is 0 Å². The molecule has 3 rings (SSSR count). The molecule has 0 saturated heterocycles. The fourth-order valence-electron chi connectivity index (χ4n) is 3.17. The Kier molecular flexibility index (Phi) is 6.78. The van der Waals surface area contributed by atoms with E-state index in [0.29, 0.717) is 21.8 Å². The number of sulfonamides is 1. The summed E-state index contributed by atoms with van der Waals surface area (Å²) in [6.45, 7) is 1.98. The lowest BCUT2D eigenvalue weighted by Crippen LogP contribution is -2.37. The highest BCUT2D eigenvalue weighted by Gasteiger charge is 2.26. The predicted molar refractivity (Wildman–Crippen MR) is 119 cm³/mol. The number of benzene rings is 2. The number of nitrogens with zero attached hydrogens (tertiary/aromatic N) is 1. The molecule has 3 N–H and O–H groups in total. The van der Waals surface area contributed by atoms with Crippen molar-refractivity contribution in [3.63, 3.8) is 0 Å². The zero-order valence-corrected chi connectivity index (χ0v) is 19.5. The van der Waals surface area contributed by atoms with Crippen molar-refractivity contribution in [2.24, 2.45) is 5.73 Å². The molecule has 0 aliphatic rings. The molecule has 30 heavy (non-hydrogen) atoms. The Bertz CT molecular complexity index is 1220.